The van der Waals surface area contributed by atoms with Crippen molar-refractivity contribution in [1.29, 1.82) is 0 Å². The summed E-state index contributed by atoms with van der Waals surface area (Å²) in [6.45, 7) is -17.2. The predicted molar refractivity (Wildman–Crippen MR) is 492 cm³/mol. The van der Waals surface area contributed by atoms with Gasteiger partial charge < -0.3 is 132 Å². The third-order valence-electron chi connectivity index (χ3n) is 22.8. The van der Waals surface area contributed by atoms with E-state index >= 15 is 4.57 Å². The van der Waals surface area contributed by atoms with Crippen LogP contribution >= 0.6 is 47.0 Å². The zero-order valence-electron chi connectivity index (χ0n) is 75.4. The zero-order valence-corrected chi connectivity index (χ0v) is 83.2. The van der Waals surface area contributed by atoms with Crippen molar-refractivity contribution in [3.05, 3.63) is 135 Å². The number of aliphatic hydroxyl groups excluding tert-OH is 1. The van der Waals surface area contributed by atoms with E-state index in [9.17, 15) is 58.0 Å². The molecule has 6 fully saturated rings. The average Bonchev–Trinajstić information content (AvgIpc) is 1.62. The summed E-state index contributed by atoms with van der Waals surface area (Å²) in [7, 11) is -0.345. The molecule has 0 aliphatic carbocycles. The summed E-state index contributed by atoms with van der Waals surface area (Å²) in [4.78, 5) is 167. The summed E-state index contributed by atoms with van der Waals surface area (Å²) in [5.41, 5.74) is 20.6. The molecule has 0 spiro atoms. The van der Waals surface area contributed by atoms with Gasteiger partial charge in [0, 0.05) is 88.3 Å². The summed E-state index contributed by atoms with van der Waals surface area (Å²) < 4.78 is 182. The second-order valence-electron chi connectivity index (χ2n) is 32.1. The Morgan fingerprint density at radius 3 is 1.29 bits per heavy atom. The number of aromatic amines is 2. The third kappa shape index (κ3) is 25.6. The standard InChI is InChI=1S/C73H105N20O37P5S4/c1-10-38-39(19-46(120-38)89-23-36(4)64(95)86-72(89)99)126-132(103,136)116-25-41-40(20-47(121-41)88-21-34(2)58(74)84-70(88)97)127-133(104,137)118-28-44-51(55(112-16-12-108-7)67(123-44)91-24-37(5)65(96)87-73(91)100)128-131(101,102)115-27-43-52(57(114-18-14-110-9)69(125-43)93-33-83-49-61(77)79-31-81-63(49)93)129-135(106,139)119-29-45-53(56(113-17-13-109-8)68(124-45)90-22-35(3)59(75)85-71(90)98)130-134(105,138)117-26-42-50(94)54(111-15-11-107-6)66(122-42)92-32-82-48-60(76)78-30-80-62(48)92/h21-24,30-33,38-47,50-57,66-69,94H,10-20,25-29H2,1-9H3,(H,101,102)(H,103,136)(H,104,137)(H,105,138)(H,106,139)(H2,74,84,97)(H2,75,85,98)(H2,76,78,80)(H2,77,79,81)(H,86,95,99)(H,87,96,100)/t38-,39-,40-,41-,42-,43-,44-,45-,46-,47-,50+,51+,52+,53+,54?,55?,56?,57?,66-,67-,68-,69-,132?,133?,134?,135?/m1/s1. The average molecular weight is 2140 g/mol. The molecule has 15 N–H and O–H groups in total. The molecule has 6 saturated heterocycles. The Labute approximate surface area is 807 Å². The minimum absolute atomic E-state index is 0.0201. The van der Waals surface area contributed by atoms with Crippen LogP contribution in [-0.4, -0.2) is 314 Å². The molecule has 0 saturated carbocycles. The van der Waals surface area contributed by atoms with Crippen LogP contribution in [0.1, 0.15) is 85.8 Å². The van der Waals surface area contributed by atoms with E-state index in [0.29, 0.717) is 5.56 Å². The number of phosphoric acid groups is 1. The molecule has 66 heteroatoms. The van der Waals surface area contributed by atoms with Crippen LogP contribution in [0, 0.1) is 27.7 Å². The summed E-state index contributed by atoms with van der Waals surface area (Å²) in [6.07, 6.45) is -23.1. The number of rotatable bonds is 48. The predicted octanol–water partition coefficient (Wildman–Crippen LogP) is -0.298. The number of nitrogens with two attached hydrogens (primary N) is 4. The lowest BCUT2D eigenvalue weighted by Gasteiger charge is -2.30. The van der Waals surface area contributed by atoms with Gasteiger partial charge in [0.15, 0.2) is 47.8 Å². The van der Waals surface area contributed by atoms with Gasteiger partial charge in [-0.2, -0.15) is 9.97 Å². The molecule has 8 aromatic heterocycles. The molecule has 0 aromatic carbocycles. The molecule has 0 radical (unpaired) electrons. The lowest BCUT2D eigenvalue weighted by atomic mass is 10.1. The fourth-order valence-corrected chi connectivity index (χ4v) is 22.8. The van der Waals surface area contributed by atoms with E-state index in [-0.39, 0.29) is 134 Å². The Morgan fingerprint density at radius 2 is 0.799 bits per heavy atom. The van der Waals surface area contributed by atoms with Gasteiger partial charge in [0.25, 0.3) is 11.1 Å². The summed E-state index contributed by atoms with van der Waals surface area (Å²) in [6, 6.07) is 0. The van der Waals surface area contributed by atoms with E-state index in [2.05, 4.69) is 62.1 Å². The van der Waals surface area contributed by atoms with Crippen molar-refractivity contribution >= 4 is 128 Å². The van der Waals surface area contributed by atoms with Crippen LogP contribution in [0.3, 0.4) is 0 Å². The topological polar surface area (TPSA) is 728 Å². The number of hydrogen-bond acceptors (Lipinski definition) is 48. The quantitative estimate of drug-likeness (QED) is 0.0132. The zero-order chi connectivity index (χ0) is 100. The number of aryl methyl sites for hydroxylation is 4. The normalized spacial score (nSPS) is 29.4. The summed E-state index contributed by atoms with van der Waals surface area (Å²) >= 11 is 21.5. The molecule has 0 bridgehead atoms. The Kier molecular flexibility index (Phi) is 35.8. The van der Waals surface area contributed by atoms with Crippen molar-refractivity contribution in [1.82, 2.24) is 77.2 Å². The second kappa shape index (κ2) is 46.2. The van der Waals surface area contributed by atoms with E-state index in [1.54, 1.807) is 13.8 Å². The van der Waals surface area contributed by atoms with Gasteiger partial charge in [-0.15, -0.1) is 0 Å². The van der Waals surface area contributed by atoms with Gasteiger partial charge in [-0.3, -0.25) is 74.1 Å². The van der Waals surface area contributed by atoms with Crippen LogP contribution < -0.4 is 56.8 Å². The number of phosphoric ester groups is 1. The maximum absolute atomic E-state index is 15.4. The first-order valence-electron chi connectivity index (χ1n) is 42.5. The number of imidazole rings is 2. The largest absolute Gasteiger partial charge is 0.472 e. The first-order chi connectivity index (χ1) is 66.0. The second-order valence-corrected chi connectivity index (χ2v) is 44.8. The minimum atomic E-state index is -5.83. The van der Waals surface area contributed by atoms with Crippen LogP contribution in [0.4, 0.5) is 23.3 Å². The Bertz CT molecular complexity index is 6310. The Hall–Kier alpha value is -6.98. The van der Waals surface area contributed by atoms with Crippen molar-refractivity contribution < 1.29 is 145 Å². The molecule has 9 unspecified atom stereocenters. The molecule has 14 rings (SSSR count). The van der Waals surface area contributed by atoms with Crippen LogP contribution in [0.2, 0.25) is 0 Å². The van der Waals surface area contributed by atoms with Gasteiger partial charge in [-0.25, -0.2) is 58.2 Å². The van der Waals surface area contributed by atoms with Gasteiger partial charge in [0.05, 0.1) is 117 Å². The number of nitrogens with one attached hydrogen (secondary N) is 2. The van der Waals surface area contributed by atoms with E-state index in [4.69, 9.17) is 170 Å². The van der Waals surface area contributed by atoms with Crippen molar-refractivity contribution in [2.75, 3.05) is 137 Å². The van der Waals surface area contributed by atoms with E-state index in [1.165, 1.54) is 95.9 Å². The van der Waals surface area contributed by atoms with E-state index in [0.717, 1.165) is 30.8 Å². The van der Waals surface area contributed by atoms with Crippen LogP contribution in [0.15, 0.2) is 78.9 Å². The maximum Gasteiger partial charge on any atom is 0.472 e. The molecule has 139 heavy (non-hydrogen) atoms. The molecule has 14 heterocycles. The molecule has 768 valence electrons. The monoisotopic (exact) mass is 2140 g/mol. The highest BCUT2D eigenvalue weighted by molar-refractivity contribution is 8.44. The number of H-pyrrole nitrogens is 2. The maximum atomic E-state index is 15.4. The lowest BCUT2D eigenvalue weighted by Crippen LogP contribution is -2.41. The molecule has 27 atom stereocenters. The summed E-state index contributed by atoms with van der Waals surface area (Å²) in [5.74, 6) is -0.317. The lowest BCUT2D eigenvalue weighted by molar-refractivity contribution is -0.0834. The van der Waals surface area contributed by atoms with E-state index < -0.39 is 237 Å². The number of anilines is 4. The van der Waals surface area contributed by atoms with Gasteiger partial charge in [0.1, 0.15) is 127 Å². The number of aliphatic hydroxyl groups is 1. The summed E-state index contributed by atoms with van der Waals surface area (Å²) in [5, 5.41) is 11.9. The van der Waals surface area contributed by atoms with Crippen LogP contribution in [0.25, 0.3) is 22.3 Å². The van der Waals surface area contributed by atoms with Crippen LogP contribution in [0.5, 0.6) is 0 Å². The Morgan fingerprint density at radius 1 is 0.424 bits per heavy atom. The van der Waals surface area contributed by atoms with Crippen LogP contribution in [-0.2, 0) is 156 Å². The van der Waals surface area contributed by atoms with Gasteiger partial charge >= 0.3 is 57.5 Å². The van der Waals surface area contributed by atoms with Crippen molar-refractivity contribution in [2.45, 2.75) is 189 Å². The molecular weight excluding hydrogens is 2030 g/mol. The number of hydrogen-bond donors (Lipinski definition) is 12. The van der Waals surface area contributed by atoms with Crippen molar-refractivity contribution in [3.63, 3.8) is 0 Å². The SMILES string of the molecule is CC[C@H]1O[C@@H](n2cc(C)c(=O)[nH]c2=O)C[C@H]1OP(=O)(S)OC[C@H]1O[C@@H](n2cc(C)c(N)nc2=O)C[C@H]1OP(O)(=S)OC[C@H]1O[C@@H](n2cc(C)c(=O)[nH]c2=O)C(OCCOC)[C@H]1OP(=O)(O)OC[C@H]1O[C@@H](n2cnc3c(N)ncnc32)C(OCCOC)[C@H]1OP(O)(=S)OC[C@H]1O[C@@H](n2cc(C)c(N)nc2=O)C(OCCOC)[C@H]1OP(O)(=S)OC[C@H]1O[C@@H](n2cnc3c(N)ncnc32)C(OCCOC)[C@H]1O. The van der Waals surface area contributed by atoms with Gasteiger partial charge in [-0.1, -0.05) is 19.2 Å². The van der Waals surface area contributed by atoms with E-state index in [1.807, 2.05) is 0 Å². The molecule has 6 aliphatic heterocycles. The fraction of sp³-hybridized carbons (Fsp3) is 0.644. The van der Waals surface area contributed by atoms with Crippen molar-refractivity contribution in [3.8, 4) is 0 Å². The third-order valence-corrected chi connectivity index (χ3v) is 30.1. The highest BCUT2D eigenvalue weighted by Gasteiger charge is 2.57. The van der Waals surface area contributed by atoms with Gasteiger partial charge in [-0.05, 0) is 69.5 Å². The number of fused-ring (bicyclic) bond motifs is 2. The number of nitrogen functional groups attached to an aromatic ring is 4. The molecule has 0 amide bonds. The fourth-order valence-electron chi connectivity index (χ4n) is 15.9. The number of thiol groups is 1. The highest BCUT2D eigenvalue weighted by Crippen LogP contribution is 2.60. The first kappa shape index (κ1) is 108. The molecule has 57 nitrogen and oxygen atoms in total. The number of aromatic nitrogens is 16. The molecular formula is C73H105N20O37P5S4. The molecule has 6 aliphatic rings. The first-order valence-corrected chi connectivity index (χ1v) is 54.5. The number of nitrogens with zero attached hydrogens (tertiary/aromatic N) is 14. The number of ether oxygens (including phenoxy) is 14. The smallest absolute Gasteiger partial charge is 0.387 e. The van der Waals surface area contributed by atoms with Crippen molar-refractivity contribution in [2.24, 2.45) is 0 Å². The molecule has 8 aromatic rings. The highest BCUT2D eigenvalue weighted by atomic mass is 32.7. The number of methoxy groups -OCH3 is 4. The minimum Gasteiger partial charge on any atom is -0.387 e. The Balaban J connectivity index is 0.738. The van der Waals surface area contributed by atoms with Gasteiger partial charge in [0.2, 0.25) is 0 Å².